The number of ketones is 1. The van der Waals surface area contributed by atoms with Gasteiger partial charge in [-0.1, -0.05) is 29.8 Å². The van der Waals surface area contributed by atoms with Gasteiger partial charge in [0.05, 0.1) is 12.7 Å². The number of hydrogen-bond acceptors (Lipinski definition) is 6. The van der Waals surface area contributed by atoms with Gasteiger partial charge in [-0.25, -0.2) is 0 Å². The summed E-state index contributed by atoms with van der Waals surface area (Å²) in [5.41, 5.74) is 2.72. The van der Waals surface area contributed by atoms with Crippen molar-refractivity contribution in [1.29, 1.82) is 0 Å². The van der Waals surface area contributed by atoms with Crippen molar-refractivity contribution in [2.75, 3.05) is 12.0 Å². The molecule has 34 heavy (non-hydrogen) atoms. The molecule has 0 radical (unpaired) electrons. The molecule has 1 amide bonds. The van der Waals surface area contributed by atoms with Crippen molar-refractivity contribution in [1.82, 2.24) is 0 Å². The molecule has 0 spiro atoms. The molecule has 3 heterocycles. The maximum atomic E-state index is 13.8. The second-order valence-corrected chi connectivity index (χ2v) is 9.44. The number of thiophene rings is 1. The van der Waals surface area contributed by atoms with Gasteiger partial charge in [-0.2, -0.15) is 0 Å². The first-order valence-electron chi connectivity index (χ1n) is 10.5. The first kappa shape index (κ1) is 22.3. The monoisotopic (exact) mass is 493 g/mol. The van der Waals surface area contributed by atoms with E-state index in [2.05, 4.69) is 0 Å². The van der Waals surface area contributed by atoms with Crippen LogP contribution >= 0.6 is 22.9 Å². The number of fused-ring (bicyclic) bond motifs is 1. The average Bonchev–Trinajstić information content (AvgIpc) is 3.50. The molecule has 0 aliphatic carbocycles. The molecule has 172 valence electrons. The third-order valence-electron chi connectivity index (χ3n) is 5.97. The SMILES string of the molecule is COc1cc(Cl)cc2cc(C(=O)C3=C(O)C(=O)N(c4ccccc4C)C3c3sccc3C)oc12. The van der Waals surface area contributed by atoms with E-state index < -0.39 is 23.5 Å². The van der Waals surface area contributed by atoms with Gasteiger partial charge >= 0.3 is 0 Å². The highest BCUT2D eigenvalue weighted by Crippen LogP contribution is 2.46. The lowest BCUT2D eigenvalue weighted by Crippen LogP contribution is -2.31. The molecule has 5 rings (SSSR count). The van der Waals surface area contributed by atoms with Crippen LogP contribution in [-0.2, 0) is 4.79 Å². The minimum Gasteiger partial charge on any atom is -0.503 e. The molecule has 6 nitrogen and oxygen atoms in total. The number of aryl methyl sites for hydroxylation is 2. The van der Waals surface area contributed by atoms with Crippen LogP contribution in [0.2, 0.25) is 5.02 Å². The summed E-state index contributed by atoms with van der Waals surface area (Å²) in [7, 11) is 1.48. The Kier molecular flexibility index (Phi) is 5.46. The van der Waals surface area contributed by atoms with Gasteiger partial charge in [0.1, 0.15) is 6.04 Å². The van der Waals surface area contributed by atoms with E-state index in [1.54, 1.807) is 24.3 Å². The molecule has 1 atom stereocenters. The van der Waals surface area contributed by atoms with E-state index in [1.807, 2.05) is 43.5 Å². The molecule has 2 aromatic carbocycles. The number of Topliss-reactive ketones (excluding diaryl/α,β-unsaturated/α-hetero) is 1. The smallest absolute Gasteiger partial charge is 0.294 e. The van der Waals surface area contributed by atoms with Crippen molar-refractivity contribution in [3.05, 3.63) is 92.0 Å². The summed E-state index contributed by atoms with van der Waals surface area (Å²) in [6, 6.07) is 13.3. The van der Waals surface area contributed by atoms with Crippen LogP contribution in [0.15, 0.2) is 69.7 Å². The van der Waals surface area contributed by atoms with Gasteiger partial charge in [0.2, 0.25) is 5.78 Å². The number of benzene rings is 2. The normalized spacial score (nSPS) is 16.1. The van der Waals surface area contributed by atoms with Crippen molar-refractivity contribution in [3.63, 3.8) is 0 Å². The standard InChI is InChI=1S/C26H20ClNO5S/c1-13-6-4-5-7-17(13)28-21(25-14(2)8-9-34-25)20(23(30)26(28)31)22(29)18-11-15-10-16(27)12-19(32-3)24(15)33-18/h4-12,21,30H,1-3H3. The van der Waals surface area contributed by atoms with Crippen molar-refractivity contribution >= 4 is 51.3 Å². The van der Waals surface area contributed by atoms with Crippen LogP contribution in [0.3, 0.4) is 0 Å². The van der Waals surface area contributed by atoms with E-state index in [0.29, 0.717) is 27.4 Å². The summed E-state index contributed by atoms with van der Waals surface area (Å²) in [6.07, 6.45) is 0. The number of halogens is 1. The number of carbonyl (C=O) groups is 2. The zero-order chi connectivity index (χ0) is 24.1. The number of methoxy groups -OCH3 is 1. The van der Waals surface area contributed by atoms with Crippen LogP contribution < -0.4 is 9.64 Å². The fourth-order valence-electron chi connectivity index (χ4n) is 4.31. The van der Waals surface area contributed by atoms with Crippen molar-refractivity contribution < 1.29 is 23.8 Å². The van der Waals surface area contributed by atoms with Gasteiger partial charge in [0.25, 0.3) is 5.91 Å². The zero-order valence-electron chi connectivity index (χ0n) is 18.6. The van der Waals surface area contributed by atoms with E-state index in [4.69, 9.17) is 20.8 Å². The Morgan fingerprint density at radius 3 is 2.59 bits per heavy atom. The second-order valence-electron chi connectivity index (χ2n) is 8.06. The number of hydrogen-bond donors (Lipinski definition) is 1. The Morgan fingerprint density at radius 2 is 1.91 bits per heavy atom. The van der Waals surface area contributed by atoms with Crippen LogP contribution in [0.4, 0.5) is 5.69 Å². The van der Waals surface area contributed by atoms with Crippen LogP contribution in [0.1, 0.15) is 32.6 Å². The first-order chi connectivity index (χ1) is 16.3. The quantitative estimate of drug-likeness (QED) is 0.318. The predicted octanol–water partition coefficient (Wildman–Crippen LogP) is 6.56. The highest BCUT2D eigenvalue weighted by molar-refractivity contribution is 7.10. The second kappa shape index (κ2) is 8.34. The molecule has 2 aromatic heterocycles. The van der Waals surface area contributed by atoms with Crippen molar-refractivity contribution in [3.8, 4) is 5.75 Å². The molecule has 0 fully saturated rings. The third kappa shape index (κ3) is 3.40. The molecule has 1 unspecified atom stereocenters. The van der Waals surface area contributed by atoms with E-state index in [-0.39, 0.29) is 11.3 Å². The molecule has 1 aliphatic rings. The lowest BCUT2D eigenvalue weighted by atomic mass is 9.98. The maximum absolute atomic E-state index is 13.8. The molecular weight excluding hydrogens is 474 g/mol. The molecule has 1 aliphatic heterocycles. The summed E-state index contributed by atoms with van der Waals surface area (Å²) in [5.74, 6) is -1.43. The molecule has 0 saturated heterocycles. The van der Waals surface area contributed by atoms with E-state index in [0.717, 1.165) is 16.0 Å². The number of ether oxygens (including phenoxy) is 1. The fourth-order valence-corrected chi connectivity index (χ4v) is 5.56. The Labute approximate surface area is 204 Å². The zero-order valence-corrected chi connectivity index (χ0v) is 20.2. The van der Waals surface area contributed by atoms with E-state index in [9.17, 15) is 14.7 Å². The number of furan rings is 1. The Bertz CT molecular complexity index is 1500. The summed E-state index contributed by atoms with van der Waals surface area (Å²) in [6.45, 7) is 3.80. The van der Waals surface area contributed by atoms with E-state index in [1.165, 1.54) is 23.3 Å². The van der Waals surface area contributed by atoms with Crippen LogP contribution in [-0.4, -0.2) is 23.9 Å². The maximum Gasteiger partial charge on any atom is 0.294 e. The first-order valence-corrected chi connectivity index (χ1v) is 11.8. The summed E-state index contributed by atoms with van der Waals surface area (Å²) >= 11 is 7.59. The summed E-state index contributed by atoms with van der Waals surface area (Å²) in [4.78, 5) is 29.4. The number of anilines is 1. The Morgan fingerprint density at radius 1 is 1.15 bits per heavy atom. The highest BCUT2D eigenvalue weighted by atomic mass is 35.5. The molecule has 4 aromatic rings. The Hall–Kier alpha value is -3.55. The number of amides is 1. The molecule has 0 bridgehead atoms. The van der Waals surface area contributed by atoms with E-state index >= 15 is 0 Å². The Balaban J connectivity index is 1.68. The van der Waals surface area contributed by atoms with Gasteiger partial charge in [0, 0.05) is 27.0 Å². The number of para-hydroxylation sites is 1. The molecular formula is C26H20ClNO5S. The minimum atomic E-state index is -0.792. The lowest BCUT2D eigenvalue weighted by Gasteiger charge is -2.27. The largest absolute Gasteiger partial charge is 0.503 e. The number of aliphatic hydroxyl groups excluding tert-OH is 1. The summed E-state index contributed by atoms with van der Waals surface area (Å²) < 4.78 is 11.2. The topological polar surface area (TPSA) is 80.0 Å². The fraction of sp³-hybridized carbons (Fsp3) is 0.154. The predicted molar refractivity (Wildman–Crippen MR) is 132 cm³/mol. The number of nitrogens with zero attached hydrogens (tertiary/aromatic N) is 1. The van der Waals surface area contributed by atoms with Crippen molar-refractivity contribution in [2.24, 2.45) is 0 Å². The highest BCUT2D eigenvalue weighted by Gasteiger charge is 2.46. The third-order valence-corrected chi connectivity index (χ3v) is 7.26. The van der Waals surface area contributed by atoms with Crippen LogP contribution in [0.5, 0.6) is 5.75 Å². The van der Waals surface area contributed by atoms with Gasteiger partial charge in [0.15, 0.2) is 22.9 Å². The van der Waals surface area contributed by atoms with Gasteiger partial charge in [-0.15, -0.1) is 11.3 Å². The summed E-state index contributed by atoms with van der Waals surface area (Å²) in [5, 5.41) is 13.9. The minimum absolute atomic E-state index is 0.0178. The number of aliphatic hydroxyl groups is 1. The lowest BCUT2D eigenvalue weighted by molar-refractivity contribution is -0.117. The molecule has 8 heteroatoms. The molecule has 0 saturated carbocycles. The average molecular weight is 494 g/mol. The van der Waals surface area contributed by atoms with Gasteiger partial charge in [-0.3, -0.25) is 14.5 Å². The van der Waals surface area contributed by atoms with Gasteiger partial charge in [-0.05, 0) is 54.6 Å². The van der Waals surface area contributed by atoms with Crippen LogP contribution in [0, 0.1) is 13.8 Å². The molecule has 1 N–H and O–H groups in total. The van der Waals surface area contributed by atoms with Gasteiger partial charge < -0.3 is 14.3 Å². The number of carbonyl (C=O) groups excluding carboxylic acids is 2. The number of rotatable bonds is 5. The van der Waals surface area contributed by atoms with Crippen LogP contribution in [0.25, 0.3) is 11.0 Å². The van der Waals surface area contributed by atoms with Crippen molar-refractivity contribution in [2.45, 2.75) is 19.9 Å².